The second kappa shape index (κ2) is 14.6. The molecule has 0 saturated heterocycles. The zero-order valence-electron chi connectivity index (χ0n) is 24.9. The van der Waals surface area contributed by atoms with Crippen molar-refractivity contribution in [1.29, 1.82) is 0 Å². The number of thioether (sulfide) groups is 1. The number of benzene rings is 3. The van der Waals surface area contributed by atoms with Crippen molar-refractivity contribution in [3.05, 3.63) is 106 Å². The van der Waals surface area contributed by atoms with Crippen molar-refractivity contribution in [2.24, 2.45) is 0 Å². The third-order valence-corrected chi connectivity index (χ3v) is 9.43. The van der Waals surface area contributed by atoms with Gasteiger partial charge >= 0.3 is 5.97 Å². The minimum Gasteiger partial charge on any atom is -0.497 e. The molecular weight excluding hydrogens is 595 g/mol. The lowest BCUT2D eigenvalue weighted by Crippen LogP contribution is -2.30. The van der Waals surface area contributed by atoms with Crippen LogP contribution in [0.1, 0.15) is 50.6 Å². The molecule has 1 atom stereocenters. The first-order chi connectivity index (χ1) is 21.3. The summed E-state index contributed by atoms with van der Waals surface area (Å²) in [5.74, 6) is -0.279. The van der Waals surface area contributed by atoms with E-state index in [0.29, 0.717) is 40.5 Å². The summed E-state index contributed by atoms with van der Waals surface area (Å²) in [5, 5.41) is 6.00. The number of esters is 1. The number of rotatable bonds is 11. The number of carbonyl (C=O) groups is 3. The number of anilines is 2. The zero-order valence-corrected chi connectivity index (χ0v) is 26.6. The highest BCUT2D eigenvalue weighted by molar-refractivity contribution is 8.00. The largest absolute Gasteiger partial charge is 0.497 e. The quantitative estimate of drug-likeness (QED) is 0.138. The summed E-state index contributed by atoms with van der Waals surface area (Å²) in [6, 6.07) is 24.6. The van der Waals surface area contributed by atoms with E-state index in [4.69, 9.17) is 9.47 Å². The predicted molar refractivity (Wildman–Crippen MR) is 176 cm³/mol. The van der Waals surface area contributed by atoms with Gasteiger partial charge in [0.25, 0.3) is 5.91 Å². The third kappa shape index (κ3) is 7.68. The molecule has 10 heteroatoms. The van der Waals surface area contributed by atoms with Gasteiger partial charge in [0.1, 0.15) is 10.8 Å². The molecule has 1 aromatic heterocycles. The topological polar surface area (TPSA) is 97.0 Å². The van der Waals surface area contributed by atoms with Crippen LogP contribution in [-0.2, 0) is 29.0 Å². The Hall–Kier alpha value is -4.12. The van der Waals surface area contributed by atoms with Crippen molar-refractivity contribution >= 4 is 51.6 Å². The lowest BCUT2D eigenvalue weighted by Gasteiger charge is -2.27. The van der Waals surface area contributed by atoms with Crippen molar-refractivity contribution in [1.82, 2.24) is 4.90 Å². The van der Waals surface area contributed by atoms with Gasteiger partial charge in [-0.2, -0.15) is 0 Å². The second-order valence-electron chi connectivity index (χ2n) is 10.3. The van der Waals surface area contributed by atoms with Gasteiger partial charge in [-0.1, -0.05) is 42.5 Å². The van der Waals surface area contributed by atoms with Crippen molar-refractivity contribution in [2.75, 3.05) is 30.9 Å². The van der Waals surface area contributed by atoms with E-state index in [9.17, 15) is 14.4 Å². The number of ether oxygens (including phenoxy) is 2. The molecular formula is C34H35N3O5S2. The molecule has 0 saturated carbocycles. The number of methoxy groups -OCH3 is 1. The van der Waals surface area contributed by atoms with E-state index in [1.54, 1.807) is 44.4 Å². The van der Waals surface area contributed by atoms with Crippen LogP contribution in [-0.4, -0.2) is 48.2 Å². The van der Waals surface area contributed by atoms with Gasteiger partial charge in [-0.15, -0.1) is 23.1 Å². The minimum atomic E-state index is -0.469. The van der Waals surface area contributed by atoms with Crippen LogP contribution in [0.2, 0.25) is 0 Å². The van der Waals surface area contributed by atoms with Gasteiger partial charge in [0.15, 0.2) is 0 Å². The molecule has 0 bridgehead atoms. The Labute approximate surface area is 265 Å². The van der Waals surface area contributed by atoms with Crippen LogP contribution >= 0.6 is 23.1 Å². The Morgan fingerprint density at radius 3 is 2.57 bits per heavy atom. The van der Waals surface area contributed by atoms with E-state index in [0.717, 1.165) is 28.4 Å². The Balaban J connectivity index is 1.26. The smallest absolute Gasteiger partial charge is 0.341 e. The number of amides is 2. The summed E-state index contributed by atoms with van der Waals surface area (Å²) < 4.78 is 10.6. The molecule has 2 N–H and O–H groups in total. The summed E-state index contributed by atoms with van der Waals surface area (Å²) in [6.07, 6.45) is 0.710. The maximum absolute atomic E-state index is 13.4. The normalized spacial score (nSPS) is 13.4. The second-order valence-corrected chi connectivity index (χ2v) is 12.9. The number of nitrogens with one attached hydrogen (secondary N) is 2. The first-order valence-corrected chi connectivity index (χ1v) is 16.1. The summed E-state index contributed by atoms with van der Waals surface area (Å²) in [4.78, 5) is 43.5. The van der Waals surface area contributed by atoms with E-state index in [-0.39, 0.29) is 18.4 Å². The number of fused-ring (bicyclic) bond motifs is 1. The Kier molecular flexibility index (Phi) is 10.4. The molecule has 0 fully saturated rings. The van der Waals surface area contributed by atoms with Gasteiger partial charge in [0.05, 0.1) is 24.5 Å². The van der Waals surface area contributed by atoms with Crippen molar-refractivity contribution in [3.8, 4) is 5.75 Å². The first kappa shape index (κ1) is 31.3. The van der Waals surface area contributed by atoms with E-state index in [2.05, 4.69) is 27.7 Å². The highest BCUT2D eigenvalue weighted by atomic mass is 32.2. The average molecular weight is 630 g/mol. The molecule has 44 heavy (non-hydrogen) atoms. The van der Waals surface area contributed by atoms with Crippen LogP contribution in [0.4, 0.5) is 10.7 Å². The summed E-state index contributed by atoms with van der Waals surface area (Å²) in [5.41, 5.74) is 3.77. The molecule has 228 valence electrons. The highest BCUT2D eigenvalue weighted by Crippen LogP contribution is 2.39. The molecule has 0 spiro atoms. The van der Waals surface area contributed by atoms with Crippen LogP contribution in [0.5, 0.6) is 5.75 Å². The monoisotopic (exact) mass is 629 g/mol. The first-order valence-electron chi connectivity index (χ1n) is 14.5. The lowest BCUT2D eigenvalue weighted by atomic mass is 10.0. The van der Waals surface area contributed by atoms with E-state index in [1.807, 2.05) is 43.3 Å². The number of carbonyl (C=O) groups excluding carboxylic acids is 3. The molecule has 5 rings (SSSR count). The van der Waals surface area contributed by atoms with Crippen LogP contribution in [0, 0.1) is 0 Å². The van der Waals surface area contributed by atoms with Crippen LogP contribution in [0.25, 0.3) is 0 Å². The summed E-state index contributed by atoms with van der Waals surface area (Å²) in [7, 11) is 1.56. The molecule has 8 nitrogen and oxygen atoms in total. The summed E-state index contributed by atoms with van der Waals surface area (Å²) >= 11 is 2.82. The number of hydrogen-bond acceptors (Lipinski definition) is 8. The Morgan fingerprint density at radius 1 is 1.00 bits per heavy atom. The fraction of sp³-hybridized carbons (Fsp3) is 0.265. The van der Waals surface area contributed by atoms with Gasteiger partial charge in [-0.3, -0.25) is 14.5 Å². The predicted octanol–water partition coefficient (Wildman–Crippen LogP) is 6.86. The van der Waals surface area contributed by atoms with Gasteiger partial charge in [0, 0.05) is 40.7 Å². The van der Waals surface area contributed by atoms with Crippen molar-refractivity contribution in [3.63, 3.8) is 0 Å². The van der Waals surface area contributed by atoms with E-state index in [1.165, 1.54) is 28.7 Å². The standard InChI is InChI=1S/C34H35N3O5S2/c1-4-42-34(40)30-28-16-17-37(20-23-10-6-5-7-11-23)21-29(28)44-33(30)36-31(38)22(2)43-27-15-9-13-25(19-27)35-32(39)24-12-8-14-26(18-24)41-3/h5-15,18-19,22H,4,16-17,20-21H2,1-3H3,(H,35,39)(H,36,38). The van der Waals surface area contributed by atoms with Gasteiger partial charge < -0.3 is 20.1 Å². The third-order valence-electron chi connectivity index (χ3n) is 7.21. The molecule has 0 aliphatic carbocycles. The number of thiophene rings is 1. The number of hydrogen-bond donors (Lipinski definition) is 2. The molecule has 1 unspecified atom stereocenters. The fourth-order valence-corrected chi connectivity index (χ4v) is 7.23. The maximum atomic E-state index is 13.4. The molecule has 3 aromatic carbocycles. The fourth-order valence-electron chi connectivity index (χ4n) is 5.03. The molecule has 2 heterocycles. The number of nitrogens with zero attached hydrogens (tertiary/aromatic N) is 1. The molecule has 1 aliphatic rings. The van der Waals surface area contributed by atoms with Crippen LogP contribution in [0.15, 0.2) is 83.8 Å². The molecule has 0 radical (unpaired) electrons. The minimum absolute atomic E-state index is 0.217. The van der Waals surface area contributed by atoms with Crippen molar-refractivity contribution in [2.45, 2.75) is 43.5 Å². The maximum Gasteiger partial charge on any atom is 0.341 e. The van der Waals surface area contributed by atoms with Gasteiger partial charge in [-0.25, -0.2) is 4.79 Å². The molecule has 2 amide bonds. The zero-order chi connectivity index (χ0) is 31.1. The molecule has 4 aromatic rings. The Bertz CT molecular complexity index is 1640. The summed E-state index contributed by atoms with van der Waals surface area (Å²) in [6.45, 7) is 6.20. The molecule has 1 aliphatic heterocycles. The SMILES string of the molecule is CCOC(=O)c1c(NC(=O)C(C)Sc2cccc(NC(=O)c3cccc(OC)c3)c2)sc2c1CCN(Cc1ccccc1)C2. The van der Waals surface area contributed by atoms with Crippen LogP contribution < -0.4 is 15.4 Å². The average Bonchev–Trinajstić information content (AvgIpc) is 3.38. The van der Waals surface area contributed by atoms with Gasteiger partial charge in [-0.05, 0) is 67.8 Å². The lowest BCUT2D eigenvalue weighted by molar-refractivity contribution is -0.115. The highest BCUT2D eigenvalue weighted by Gasteiger charge is 2.30. The van der Waals surface area contributed by atoms with Crippen LogP contribution in [0.3, 0.4) is 0 Å². The van der Waals surface area contributed by atoms with E-state index < -0.39 is 11.2 Å². The van der Waals surface area contributed by atoms with Gasteiger partial charge in [0.2, 0.25) is 5.91 Å². The van der Waals surface area contributed by atoms with E-state index >= 15 is 0 Å². The van der Waals surface area contributed by atoms with Crippen molar-refractivity contribution < 1.29 is 23.9 Å². The Morgan fingerprint density at radius 2 is 1.80 bits per heavy atom.